The Morgan fingerprint density at radius 1 is 1.43 bits per heavy atom. The molecule has 14 heavy (non-hydrogen) atoms. The van der Waals surface area contributed by atoms with Crippen LogP contribution in [0.25, 0.3) is 0 Å². The lowest BCUT2D eigenvalue weighted by Gasteiger charge is -2.10. The largest absolute Gasteiger partial charge is 0.458 e. The van der Waals surface area contributed by atoms with Crippen LogP contribution in [-0.4, -0.2) is 19.7 Å². The third kappa shape index (κ3) is 2.61. The zero-order chi connectivity index (χ0) is 10.4. The van der Waals surface area contributed by atoms with Gasteiger partial charge in [0.25, 0.3) is 6.29 Å². The van der Waals surface area contributed by atoms with E-state index in [1.54, 1.807) is 24.3 Å². The van der Waals surface area contributed by atoms with Gasteiger partial charge in [-0.1, -0.05) is 5.92 Å². The average Bonchev–Trinajstić information content (AvgIpc) is 2.26. The third-order valence-corrected chi connectivity index (χ3v) is 1.62. The minimum atomic E-state index is -0.869. The molecule has 0 spiro atoms. The van der Waals surface area contributed by atoms with E-state index in [1.807, 2.05) is 0 Å². The Morgan fingerprint density at radius 2 is 2.07 bits per heavy atom. The van der Waals surface area contributed by atoms with Crippen molar-refractivity contribution in [1.82, 2.24) is 0 Å². The second-order valence-corrected chi connectivity index (χ2v) is 2.53. The van der Waals surface area contributed by atoms with Gasteiger partial charge in [-0.05, 0) is 24.3 Å². The molecule has 0 aliphatic carbocycles. The maximum absolute atomic E-state index is 10.4. The van der Waals surface area contributed by atoms with Crippen LogP contribution in [0.4, 0.5) is 0 Å². The van der Waals surface area contributed by atoms with Gasteiger partial charge in [-0.2, -0.15) is 0 Å². The van der Waals surface area contributed by atoms with Crippen LogP contribution >= 0.6 is 0 Å². The van der Waals surface area contributed by atoms with Crippen LogP contribution in [0.15, 0.2) is 24.3 Å². The monoisotopic (exact) mass is 190 g/mol. The van der Waals surface area contributed by atoms with Crippen LogP contribution in [0.1, 0.15) is 5.56 Å². The molecule has 3 heteroatoms. The van der Waals surface area contributed by atoms with Crippen molar-refractivity contribution >= 4 is 6.29 Å². The number of carbonyl (C=O) groups is 1. The van der Waals surface area contributed by atoms with Crippen LogP contribution in [0.3, 0.4) is 0 Å². The van der Waals surface area contributed by atoms with Crippen molar-refractivity contribution in [3.8, 4) is 18.1 Å². The molecule has 0 aliphatic rings. The van der Waals surface area contributed by atoms with Crippen molar-refractivity contribution < 1.29 is 14.3 Å². The summed E-state index contributed by atoms with van der Waals surface area (Å²) < 4.78 is 9.88. The standard InChI is InChI=1S/C11H10O3/c1-3-9-4-6-10(7-5-9)14-11(8-12)13-2/h1,4-8,11H,2H3. The Balaban J connectivity index is 2.69. The minimum absolute atomic E-state index is 0.544. The first-order valence-corrected chi connectivity index (χ1v) is 4.01. The van der Waals surface area contributed by atoms with E-state index in [0.717, 1.165) is 5.56 Å². The summed E-state index contributed by atoms with van der Waals surface area (Å²) in [5.74, 6) is 3.02. The summed E-state index contributed by atoms with van der Waals surface area (Å²) in [6, 6.07) is 6.83. The van der Waals surface area contributed by atoms with Crippen LogP contribution in [-0.2, 0) is 9.53 Å². The quantitative estimate of drug-likeness (QED) is 0.407. The maximum atomic E-state index is 10.4. The van der Waals surface area contributed by atoms with Gasteiger partial charge in [0.05, 0.1) is 0 Å². The van der Waals surface area contributed by atoms with E-state index in [9.17, 15) is 4.79 Å². The summed E-state index contributed by atoms with van der Waals surface area (Å²) >= 11 is 0. The molecule has 1 atom stereocenters. The Bertz CT molecular complexity index is 335. The third-order valence-electron chi connectivity index (χ3n) is 1.62. The Kier molecular flexibility index (Phi) is 3.71. The molecule has 0 saturated carbocycles. The number of terminal acetylenes is 1. The molecule has 1 rings (SSSR count). The Labute approximate surface area is 82.6 Å². The molecule has 72 valence electrons. The number of benzene rings is 1. The number of hydrogen-bond donors (Lipinski definition) is 0. The zero-order valence-electron chi connectivity index (χ0n) is 7.77. The van der Waals surface area contributed by atoms with E-state index in [0.29, 0.717) is 12.0 Å². The molecule has 0 aromatic heterocycles. The van der Waals surface area contributed by atoms with Gasteiger partial charge < -0.3 is 9.47 Å². The summed E-state index contributed by atoms with van der Waals surface area (Å²) in [5.41, 5.74) is 0.761. The molecule has 0 fully saturated rings. The zero-order valence-corrected chi connectivity index (χ0v) is 7.77. The van der Waals surface area contributed by atoms with Crippen molar-refractivity contribution in [2.75, 3.05) is 7.11 Å². The van der Waals surface area contributed by atoms with E-state index < -0.39 is 6.29 Å². The molecule has 0 aliphatic heterocycles. The second kappa shape index (κ2) is 5.05. The molecule has 0 bridgehead atoms. The number of carbonyl (C=O) groups excluding carboxylic acids is 1. The number of rotatable bonds is 4. The lowest BCUT2D eigenvalue weighted by Crippen LogP contribution is -2.19. The molecule has 1 aromatic rings. The highest BCUT2D eigenvalue weighted by atomic mass is 16.7. The minimum Gasteiger partial charge on any atom is -0.458 e. The van der Waals surface area contributed by atoms with Crippen molar-refractivity contribution in [3.63, 3.8) is 0 Å². The summed E-state index contributed by atoms with van der Waals surface area (Å²) in [4.78, 5) is 10.4. The molecular weight excluding hydrogens is 180 g/mol. The highest BCUT2D eigenvalue weighted by Gasteiger charge is 2.05. The number of hydrogen-bond acceptors (Lipinski definition) is 3. The summed E-state index contributed by atoms with van der Waals surface area (Å²) in [5, 5.41) is 0. The van der Waals surface area contributed by atoms with Crippen LogP contribution in [0.2, 0.25) is 0 Å². The maximum Gasteiger partial charge on any atom is 0.256 e. The van der Waals surface area contributed by atoms with E-state index in [-0.39, 0.29) is 0 Å². The molecule has 0 N–H and O–H groups in total. The Morgan fingerprint density at radius 3 is 2.50 bits per heavy atom. The second-order valence-electron chi connectivity index (χ2n) is 2.53. The van der Waals surface area contributed by atoms with E-state index in [2.05, 4.69) is 5.92 Å². The first kappa shape index (κ1) is 10.3. The molecule has 0 saturated heterocycles. The number of ether oxygens (including phenoxy) is 2. The lowest BCUT2D eigenvalue weighted by molar-refractivity contribution is -0.132. The summed E-state index contributed by atoms with van der Waals surface area (Å²) in [6.45, 7) is 0. The molecule has 1 unspecified atom stereocenters. The SMILES string of the molecule is C#Cc1ccc(OC(C=O)OC)cc1. The predicted octanol–water partition coefficient (Wildman–Crippen LogP) is 1.22. The van der Waals surface area contributed by atoms with Gasteiger partial charge >= 0.3 is 0 Å². The van der Waals surface area contributed by atoms with Crippen molar-refractivity contribution in [3.05, 3.63) is 29.8 Å². The van der Waals surface area contributed by atoms with Crippen molar-refractivity contribution in [2.24, 2.45) is 0 Å². The molecule has 0 amide bonds. The highest BCUT2D eigenvalue weighted by molar-refractivity contribution is 5.54. The van der Waals surface area contributed by atoms with Crippen LogP contribution < -0.4 is 4.74 Å². The molecule has 0 radical (unpaired) electrons. The fraction of sp³-hybridized carbons (Fsp3) is 0.182. The highest BCUT2D eigenvalue weighted by Crippen LogP contribution is 2.12. The lowest BCUT2D eigenvalue weighted by atomic mass is 10.2. The van der Waals surface area contributed by atoms with Crippen molar-refractivity contribution in [2.45, 2.75) is 6.29 Å². The molecule has 0 heterocycles. The van der Waals surface area contributed by atoms with E-state index >= 15 is 0 Å². The van der Waals surface area contributed by atoms with Gasteiger partial charge in [0.2, 0.25) is 0 Å². The van der Waals surface area contributed by atoms with E-state index in [1.165, 1.54) is 7.11 Å². The van der Waals surface area contributed by atoms with Gasteiger partial charge in [0.1, 0.15) is 5.75 Å². The van der Waals surface area contributed by atoms with Crippen LogP contribution in [0, 0.1) is 12.3 Å². The van der Waals surface area contributed by atoms with Crippen LogP contribution in [0.5, 0.6) is 5.75 Å². The predicted molar refractivity (Wildman–Crippen MR) is 51.9 cm³/mol. The van der Waals surface area contributed by atoms with Gasteiger partial charge in [-0.3, -0.25) is 4.79 Å². The summed E-state index contributed by atoms with van der Waals surface area (Å²) in [7, 11) is 1.40. The smallest absolute Gasteiger partial charge is 0.256 e. The Hall–Kier alpha value is -1.79. The first-order chi connectivity index (χ1) is 6.80. The topological polar surface area (TPSA) is 35.5 Å². The number of methoxy groups -OCH3 is 1. The number of aldehydes is 1. The van der Waals surface area contributed by atoms with Gasteiger partial charge in [-0.25, -0.2) is 0 Å². The average molecular weight is 190 g/mol. The van der Waals surface area contributed by atoms with Crippen molar-refractivity contribution in [1.29, 1.82) is 0 Å². The fourth-order valence-electron chi connectivity index (χ4n) is 0.895. The van der Waals surface area contributed by atoms with E-state index in [4.69, 9.17) is 15.9 Å². The molecule has 3 nitrogen and oxygen atoms in total. The van der Waals surface area contributed by atoms with Gasteiger partial charge in [-0.15, -0.1) is 6.42 Å². The van der Waals surface area contributed by atoms with Gasteiger partial charge in [0.15, 0.2) is 6.29 Å². The summed E-state index contributed by atoms with van der Waals surface area (Å²) in [6.07, 6.45) is 4.89. The molecule has 1 aromatic carbocycles. The first-order valence-electron chi connectivity index (χ1n) is 4.01. The molecular formula is C11H10O3. The van der Waals surface area contributed by atoms with Gasteiger partial charge in [0, 0.05) is 12.7 Å². The normalized spacial score (nSPS) is 11.4. The fourth-order valence-corrected chi connectivity index (χ4v) is 0.895.